The highest BCUT2D eigenvalue weighted by Crippen LogP contribution is 2.29. The van der Waals surface area contributed by atoms with E-state index in [9.17, 15) is 4.79 Å². The summed E-state index contributed by atoms with van der Waals surface area (Å²) >= 11 is 0. The number of imidazole rings is 1. The quantitative estimate of drug-likeness (QED) is 0.346. The van der Waals surface area contributed by atoms with E-state index >= 15 is 0 Å². The van der Waals surface area contributed by atoms with Crippen LogP contribution in [0.1, 0.15) is 47.4 Å². The lowest BCUT2D eigenvalue weighted by Crippen LogP contribution is -2.45. The molecular weight excluding hydrogens is 500 g/mol. The van der Waals surface area contributed by atoms with Crippen LogP contribution in [-0.4, -0.2) is 62.5 Å². The maximum absolute atomic E-state index is 13.2. The van der Waals surface area contributed by atoms with Crippen LogP contribution in [0.2, 0.25) is 0 Å². The average Bonchev–Trinajstić information content (AvgIpc) is 3.70. The van der Waals surface area contributed by atoms with E-state index in [0.29, 0.717) is 23.2 Å². The zero-order valence-corrected chi connectivity index (χ0v) is 22.8. The molecule has 4 heterocycles. The minimum Gasteiger partial charge on any atom is -0.482 e. The van der Waals surface area contributed by atoms with Gasteiger partial charge in [-0.25, -0.2) is 9.97 Å². The maximum Gasteiger partial charge on any atom is 0.253 e. The molecule has 2 aromatic heterocycles. The number of amides is 1. The highest BCUT2D eigenvalue weighted by atomic mass is 16.5. The molecule has 0 bridgehead atoms. The number of nitrogens with zero attached hydrogens (tertiary/aromatic N) is 5. The Kier molecular flexibility index (Phi) is 7.77. The van der Waals surface area contributed by atoms with E-state index in [2.05, 4.69) is 31.6 Å². The van der Waals surface area contributed by atoms with Crippen molar-refractivity contribution in [1.82, 2.24) is 24.3 Å². The number of nitrogen functional groups attached to an aromatic ring is 1. The molecule has 0 saturated carbocycles. The Balaban J connectivity index is 1.08. The summed E-state index contributed by atoms with van der Waals surface area (Å²) in [6.45, 7) is 5.07. The van der Waals surface area contributed by atoms with Gasteiger partial charge in [0.1, 0.15) is 12.4 Å². The van der Waals surface area contributed by atoms with Gasteiger partial charge in [0, 0.05) is 55.4 Å². The molecule has 0 aliphatic carbocycles. The van der Waals surface area contributed by atoms with Crippen molar-refractivity contribution in [3.63, 3.8) is 0 Å². The van der Waals surface area contributed by atoms with Crippen LogP contribution in [0.4, 0.5) is 5.82 Å². The molecule has 0 atom stereocenters. The van der Waals surface area contributed by atoms with E-state index in [4.69, 9.17) is 10.5 Å². The van der Waals surface area contributed by atoms with E-state index in [1.54, 1.807) is 12.4 Å². The SMILES string of the molecule is Nc1ncc(-c2ccc(C(=O)N3CCC(N4CCCC4)CC3)cc2)cc1OCc1nccn1Cc1ccccc1. The largest absolute Gasteiger partial charge is 0.482 e. The fourth-order valence-electron chi connectivity index (χ4n) is 5.80. The molecule has 8 heteroatoms. The number of aromatic nitrogens is 3. The fourth-order valence-corrected chi connectivity index (χ4v) is 5.80. The van der Waals surface area contributed by atoms with Gasteiger partial charge >= 0.3 is 0 Å². The molecule has 0 spiro atoms. The summed E-state index contributed by atoms with van der Waals surface area (Å²) in [4.78, 5) is 26.6. The predicted octanol–water partition coefficient (Wildman–Crippen LogP) is 4.86. The zero-order valence-electron chi connectivity index (χ0n) is 22.8. The van der Waals surface area contributed by atoms with Crippen LogP contribution in [0.15, 0.2) is 79.3 Å². The Hall–Kier alpha value is -4.17. The van der Waals surface area contributed by atoms with Crippen molar-refractivity contribution in [3.8, 4) is 16.9 Å². The van der Waals surface area contributed by atoms with Crippen molar-refractivity contribution in [1.29, 1.82) is 0 Å². The van der Waals surface area contributed by atoms with E-state index in [-0.39, 0.29) is 12.5 Å². The number of hydrogen-bond acceptors (Lipinski definition) is 6. The first-order chi connectivity index (χ1) is 19.6. The lowest BCUT2D eigenvalue weighted by molar-refractivity contribution is 0.0644. The number of nitrogens with two attached hydrogens (primary N) is 1. The molecule has 2 aliphatic heterocycles. The fraction of sp³-hybridized carbons (Fsp3) is 0.344. The Morgan fingerprint density at radius 3 is 2.42 bits per heavy atom. The van der Waals surface area contributed by atoms with Gasteiger partial charge in [-0.05, 0) is 68.1 Å². The third-order valence-electron chi connectivity index (χ3n) is 8.11. The number of rotatable bonds is 8. The van der Waals surface area contributed by atoms with Crippen molar-refractivity contribution in [2.24, 2.45) is 0 Å². The van der Waals surface area contributed by atoms with Gasteiger partial charge in [0.05, 0.1) is 0 Å². The van der Waals surface area contributed by atoms with Crippen LogP contribution in [0.3, 0.4) is 0 Å². The maximum atomic E-state index is 13.2. The number of hydrogen-bond donors (Lipinski definition) is 1. The summed E-state index contributed by atoms with van der Waals surface area (Å²) in [7, 11) is 0. The first kappa shape index (κ1) is 26.1. The molecule has 2 saturated heterocycles. The smallest absolute Gasteiger partial charge is 0.253 e. The molecule has 6 rings (SSSR count). The van der Waals surface area contributed by atoms with Crippen LogP contribution in [0, 0.1) is 0 Å². The molecule has 206 valence electrons. The first-order valence-corrected chi connectivity index (χ1v) is 14.2. The molecule has 4 aromatic rings. The van der Waals surface area contributed by atoms with Gasteiger partial charge in [-0.15, -0.1) is 0 Å². The van der Waals surface area contributed by atoms with E-state index < -0.39 is 0 Å². The molecule has 8 nitrogen and oxygen atoms in total. The summed E-state index contributed by atoms with van der Waals surface area (Å²) in [5.41, 5.74) is 9.89. The topological polar surface area (TPSA) is 89.5 Å². The number of pyridine rings is 1. The van der Waals surface area contributed by atoms with Gasteiger partial charge < -0.3 is 24.8 Å². The molecule has 40 heavy (non-hydrogen) atoms. The predicted molar refractivity (Wildman–Crippen MR) is 156 cm³/mol. The second-order valence-corrected chi connectivity index (χ2v) is 10.7. The number of piperidine rings is 1. The first-order valence-electron chi connectivity index (χ1n) is 14.2. The number of anilines is 1. The van der Waals surface area contributed by atoms with Gasteiger partial charge in [0.25, 0.3) is 5.91 Å². The Morgan fingerprint density at radius 2 is 1.68 bits per heavy atom. The number of carbonyl (C=O) groups is 1. The highest BCUT2D eigenvalue weighted by Gasteiger charge is 2.28. The molecule has 2 aliphatic rings. The molecule has 2 aromatic carbocycles. The van der Waals surface area contributed by atoms with Gasteiger partial charge in [-0.2, -0.15) is 0 Å². The molecule has 1 amide bonds. The third kappa shape index (κ3) is 5.87. The number of likely N-dealkylation sites (tertiary alicyclic amines) is 2. The van der Waals surface area contributed by atoms with Crippen molar-refractivity contribution >= 4 is 11.7 Å². The molecule has 0 radical (unpaired) electrons. The molecular formula is C32H36N6O2. The summed E-state index contributed by atoms with van der Waals surface area (Å²) in [5, 5.41) is 0. The van der Waals surface area contributed by atoms with Crippen LogP contribution in [0.25, 0.3) is 11.1 Å². The lowest BCUT2D eigenvalue weighted by atomic mass is 10.0. The second-order valence-electron chi connectivity index (χ2n) is 10.7. The normalized spacial score (nSPS) is 16.4. The van der Waals surface area contributed by atoms with Crippen molar-refractivity contribution < 1.29 is 9.53 Å². The van der Waals surface area contributed by atoms with Crippen LogP contribution < -0.4 is 10.5 Å². The number of carbonyl (C=O) groups excluding carboxylic acids is 1. The molecule has 0 unspecified atom stereocenters. The summed E-state index contributed by atoms with van der Waals surface area (Å²) in [5.74, 6) is 1.75. The zero-order chi connectivity index (χ0) is 27.3. The van der Waals surface area contributed by atoms with Crippen LogP contribution in [-0.2, 0) is 13.2 Å². The minimum absolute atomic E-state index is 0.108. The highest BCUT2D eigenvalue weighted by molar-refractivity contribution is 5.94. The molecule has 2 fully saturated rings. The van der Waals surface area contributed by atoms with E-state index in [1.807, 2.05) is 59.6 Å². The second kappa shape index (κ2) is 11.9. The Labute approximate surface area is 235 Å². The number of ether oxygens (including phenoxy) is 1. The lowest BCUT2D eigenvalue weighted by Gasteiger charge is -2.36. The van der Waals surface area contributed by atoms with Crippen molar-refractivity contribution in [3.05, 3.63) is 96.2 Å². The van der Waals surface area contributed by atoms with Crippen molar-refractivity contribution in [2.45, 2.75) is 44.9 Å². The van der Waals surface area contributed by atoms with E-state index in [0.717, 1.165) is 49.4 Å². The Bertz CT molecular complexity index is 1420. The van der Waals surface area contributed by atoms with Gasteiger partial charge in [0.2, 0.25) is 0 Å². The third-order valence-corrected chi connectivity index (χ3v) is 8.11. The summed E-state index contributed by atoms with van der Waals surface area (Å²) < 4.78 is 8.14. The van der Waals surface area contributed by atoms with Gasteiger partial charge in [-0.1, -0.05) is 42.5 Å². The van der Waals surface area contributed by atoms with Crippen LogP contribution >= 0.6 is 0 Å². The van der Waals surface area contributed by atoms with Crippen molar-refractivity contribution in [2.75, 3.05) is 31.9 Å². The minimum atomic E-state index is 0.108. The summed E-state index contributed by atoms with van der Waals surface area (Å²) in [6.07, 6.45) is 10.2. The van der Waals surface area contributed by atoms with Crippen LogP contribution in [0.5, 0.6) is 5.75 Å². The molecule has 2 N–H and O–H groups in total. The van der Waals surface area contributed by atoms with Gasteiger partial charge in [-0.3, -0.25) is 4.79 Å². The van der Waals surface area contributed by atoms with E-state index in [1.165, 1.54) is 31.5 Å². The Morgan fingerprint density at radius 1 is 0.925 bits per heavy atom. The summed E-state index contributed by atoms with van der Waals surface area (Å²) in [6, 6.07) is 20.5. The monoisotopic (exact) mass is 536 g/mol. The average molecular weight is 537 g/mol. The number of benzene rings is 2. The van der Waals surface area contributed by atoms with Gasteiger partial charge in [0.15, 0.2) is 11.6 Å². The standard InChI is InChI=1S/C32H36N6O2/c33-31-29(40-23-30-34-14-19-38(30)22-24-6-2-1-3-7-24)20-27(21-35-31)25-8-10-26(11-9-25)32(39)37-17-12-28(13-18-37)36-15-4-5-16-36/h1-3,6-11,14,19-21,28H,4-5,12-13,15-18,22-23H2,(H2,33,35).